The topological polar surface area (TPSA) is 60.9 Å². The van der Waals surface area contributed by atoms with Crippen LogP contribution in [0.25, 0.3) is 0 Å². The van der Waals surface area contributed by atoms with E-state index in [1.807, 2.05) is 0 Å². The number of hydrogen-bond donors (Lipinski definition) is 1. The maximum atomic E-state index is 12.2. The molecule has 17 heavy (non-hydrogen) atoms. The van der Waals surface area contributed by atoms with Crippen LogP contribution in [-0.4, -0.2) is 52.6 Å². The lowest BCUT2D eigenvalue weighted by molar-refractivity contribution is -0.141. The van der Waals surface area contributed by atoms with Gasteiger partial charge in [-0.2, -0.15) is 0 Å². The van der Waals surface area contributed by atoms with Gasteiger partial charge in [-0.3, -0.25) is 0 Å². The number of carbonyl (C=O) groups excluding carboxylic acids is 1. The Morgan fingerprint density at radius 2 is 2.00 bits per heavy atom. The molecular formula is C12H20N2O3. The molecule has 0 aromatic rings. The molecule has 0 aromatic carbocycles. The normalized spacial score (nSPS) is 27.5. The molecule has 2 rings (SSSR count). The summed E-state index contributed by atoms with van der Waals surface area (Å²) in [5.41, 5.74) is 0.161. The summed E-state index contributed by atoms with van der Waals surface area (Å²) in [5, 5.41) is 9.07. The number of likely N-dealkylation sites (tertiary alicyclic amines) is 2. The summed E-state index contributed by atoms with van der Waals surface area (Å²) in [5.74, 6) is -0.880. The summed E-state index contributed by atoms with van der Waals surface area (Å²) < 4.78 is 0. The molecule has 5 nitrogen and oxygen atoms in total. The van der Waals surface area contributed by atoms with Crippen molar-refractivity contribution in [3.8, 4) is 0 Å². The molecule has 0 radical (unpaired) electrons. The summed E-state index contributed by atoms with van der Waals surface area (Å²) in [6.45, 7) is 6.33. The standard InChI is InChI=1S/C12H20N2O3/c1-12(2)5-7-13(8-12)11(17)14-6-3-4-9(14)10(15)16/h9H,3-8H2,1-2H3,(H,15,16)/t9-/m0/s1. The van der Waals surface area contributed by atoms with Crippen molar-refractivity contribution in [3.05, 3.63) is 0 Å². The molecule has 2 aliphatic rings. The van der Waals surface area contributed by atoms with Gasteiger partial charge in [-0.1, -0.05) is 13.8 Å². The lowest BCUT2D eigenvalue weighted by Crippen LogP contribution is -2.47. The van der Waals surface area contributed by atoms with E-state index >= 15 is 0 Å². The molecule has 2 heterocycles. The Balaban J connectivity index is 2.03. The Hall–Kier alpha value is -1.26. The summed E-state index contributed by atoms with van der Waals surface area (Å²) in [7, 11) is 0. The van der Waals surface area contributed by atoms with Crippen LogP contribution in [0.5, 0.6) is 0 Å². The number of rotatable bonds is 1. The van der Waals surface area contributed by atoms with Crippen LogP contribution in [0, 0.1) is 5.41 Å². The van der Waals surface area contributed by atoms with Crippen LogP contribution in [0.4, 0.5) is 4.79 Å². The van der Waals surface area contributed by atoms with Gasteiger partial charge in [-0.25, -0.2) is 9.59 Å². The van der Waals surface area contributed by atoms with Gasteiger partial charge in [-0.15, -0.1) is 0 Å². The Labute approximate surface area is 101 Å². The van der Waals surface area contributed by atoms with Crippen molar-refractivity contribution in [2.45, 2.75) is 39.2 Å². The number of amides is 2. The predicted octanol–water partition coefficient (Wildman–Crippen LogP) is 1.39. The number of carboxylic acid groups (broad SMARTS) is 1. The third-order valence-electron chi connectivity index (χ3n) is 3.73. The van der Waals surface area contributed by atoms with Crippen molar-refractivity contribution in [1.82, 2.24) is 9.80 Å². The van der Waals surface area contributed by atoms with Crippen molar-refractivity contribution >= 4 is 12.0 Å². The Morgan fingerprint density at radius 1 is 1.29 bits per heavy atom. The SMILES string of the molecule is CC1(C)CCN(C(=O)N2CCC[C@H]2C(=O)O)C1. The molecule has 2 aliphatic heterocycles. The molecule has 0 unspecified atom stereocenters. The molecule has 0 saturated carbocycles. The molecule has 1 N–H and O–H groups in total. The summed E-state index contributed by atoms with van der Waals surface area (Å²) in [6.07, 6.45) is 2.36. The number of hydrogen-bond acceptors (Lipinski definition) is 2. The lowest BCUT2D eigenvalue weighted by atomic mass is 9.93. The van der Waals surface area contributed by atoms with Gasteiger partial charge in [0.25, 0.3) is 0 Å². The second-order valence-corrected chi connectivity index (χ2v) is 5.81. The van der Waals surface area contributed by atoms with Gasteiger partial charge in [0.1, 0.15) is 6.04 Å². The van der Waals surface area contributed by atoms with Crippen LogP contribution < -0.4 is 0 Å². The summed E-state index contributed by atoms with van der Waals surface area (Å²) >= 11 is 0. The first kappa shape index (κ1) is 12.2. The first-order valence-corrected chi connectivity index (χ1v) is 6.19. The molecule has 0 bridgehead atoms. The number of carboxylic acids is 1. The zero-order valence-corrected chi connectivity index (χ0v) is 10.5. The Kier molecular flexibility index (Phi) is 3.02. The monoisotopic (exact) mass is 240 g/mol. The van der Waals surface area contributed by atoms with Crippen LogP contribution in [0.1, 0.15) is 33.1 Å². The van der Waals surface area contributed by atoms with Crippen molar-refractivity contribution in [3.63, 3.8) is 0 Å². The predicted molar refractivity (Wildman–Crippen MR) is 62.7 cm³/mol. The van der Waals surface area contributed by atoms with E-state index in [1.165, 1.54) is 4.90 Å². The first-order valence-electron chi connectivity index (χ1n) is 6.19. The molecule has 2 fully saturated rings. The van der Waals surface area contributed by atoms with Gasteiger partial charge in [0.2, 0.25) is 0 Å². The third-order valence-corrected chi connectivity index (χ3v) is 3.73. The molecule has 0 spiro atoms. The maximum absolute atomic E-state index is 12.2. The van der Waals surface area contributed by atoms with Crippen molar-refractivity contribution < 1.29 is 14.7 Å². The van der Waals surface area contributed by atoms with Crippen molar-refractivity contribution in [2.75, 3.05) is 19.6 Å². The lowest BCUT2D eigenvalue weighted by Gasteiger charge is -2.28. The maximum Gasteiger partial charge on any atom is 0.326 e. The quantitative estimate of drug-likeness (QED) is 0.753. The molecule has 2 saturated heterocycles. The number of carbonyl (C=O) groups is 2. The smallest absolute Gasteiger partial charge is 0.326 e. The summed E-state index contributed by atoms with van der Waals surface area (Å²) in [4.78, 5) is 26.6. The molecule has 0 aliphatic carbocycles. The Bertz CT molecular complexity index is 341. The zero-order chi connectivity index (χ0) is 12.6. The van der Waals surface area contributed by atoms with E-state index in [-0.39, 0.29) is 11.4 Å². The van der Waals surface area contributed by atoms with E-state index in [9.17, 15) is 9.59 Å². The average Bonchev–Trinajstić information content (AvgIpc) is 2.82. The highest BCUT2D eigenvalue weighted by atomic mass is 16.4. The second kappa shape index (κ2) is 4.20. The molecule has 1 atom stereocenters. The van der Waals surface area contributed by atoms with Crippen LogP contribution in [0.15, 0.2) is 0 Å². The number of urea groups is 1. The van der Waals surface area contributed by atoms with E-state index < -0.39 is 12.0 Å². The molecule has 96 valence electrons. The van der Waals surface area contributed by atoms with Crippen LogP contribution in [0.2, 0.25) is 0 Å². The minimum Gasteiger partial charge on any atom is -0.480 e. The highest BCUT2D eigenvalue weighted by Gasteiger charge is 2.39. The fourth-order valence-electron chi connectivity index (χ4n) is 2.71. The number of nitrogens with zero attached hydrogens (tertiary/aromatic N) is 2. The largest absolute Gasteiger partial charge is 0.480 e. The fraction of sp³-hybridized carbons (Fsp3) is 0.833. The van der Waals surface area contributed by atoms with Gasteiger partial charge in [-0.05, 0) is 24.7 Å². The zero-order valence-electron chi connectivity index (χ0n) is 10.5. The van der Waals surface area contributed by atoms with Crippen LogP contribution >= 0.6 is 0 Å². The average molecular weight is 240 g/mol. The number of aliphatic carboxylic acids is 1. The van der Waals surface area contributed by atoms with E-state index in [1.54, 1.807) is 4.90 Å². The van der Waals surface area contributed by atoms with Gasteiger partial charge in [0, 0.05) is 19.6 Å². The summed E-state index contributed by atoms with van der Waals surface area (Å²) in [6, 6.07) is -0.716. The van der Waals surface area contributed by atoms with Gasteiger partial charge >= 0.3 is 12.0 Å². The third kappa shape index (κ3) is 2.37. The van der Waals surface area contributed by atoms with Gasteiger partial charge in [0.15, 0.2) is 0 Å². The van der Waals surface area contributed by atoms with Crippen LogP contribution in [0.3, 0.4) is 0 Å². The van der Waals surface area contributed by atoms with E-state index in [0.717, 1.165) is 25.9 Å². The first-order chi connectivity index (χ1) is 7.91. The van der Waals surface area contributed by atoms with E-state index in [2.05, 4.69) is 13.8 Å². The fourth-order valence-corrected chi connectivity index (χ4v) is 2.71. The molecule has 0 aromatic heterocycles. The van der Waals surface area contributed by atoms with Gasteiger partial charge < -0.3 is 14.9 Å². The molecule has 5 heteroatoms. The highest BCUT2D eigenvalue weighted by molar-refractivity contribution is 5.83. The Morgan fingerprint density at radius 3 is 2.53 bits per heavy atom. The van der Waals surface area contributed by atoms with Crippen molar-refractivity contribution in [1.29, 1.82) is 0 Å². The highest BCUT2D eigenvalue weighted by Crippen LogP contribution is 2.30. The second-order valence-electron chi connectivity index (χ2n) is 5.81. The van der Waals surface area contributed by atoms with Crippen LogP contribution in [-0.2, 0) is 4.79 Å². The van der Waals surface area contributed by atoms with Gasteiger partial charge in [0.05, 0.1) is 0 Å². The van der Waals surface area contributed by atoms with E-state index in [0.29, 0.717) is 13.0 Å². The van der Waals surface area contributed by atoms with Crippen molar-refractivity contribution in [2.24, 2.45) is 5.41 Å². The molecule has 2 amide bonds. The minimum atomic E-state index is -0.880. The minimum absolute atomic E-state index is 0.0968. The molecular weight excluding hydrogens is 220 g/mol. The van der Waals surface area contributed by atoms with E-state index in [4.69, 9.17) is 5.11 Å².